The smallest absolute Gasteiger partial charge is 0.344 e. The summed E-state index contributed by atoms with van der Waals surface area (Å²) in [6, 6.07) is 4.61. The van der Waals surface area contributed by atoms with E-state index in [4.69, 9.17) is 9.84 Å². The largest absolute Gasteiger partial charge is 0.479 e. The Bertz CT molecular complexity index is 349. The number of ether oxygens (including phenoxy) is 1. The van der Waals surface area contributed by atoms with E-state index in [0.717, 1.165) is 0 Å². The van der Waals surface area contributed by atoms with Crippen molar-refractivity contribution in [1.29, 1.82) is 0 Å². The van der Waals surface area contributed by atoms with Gasteiger partial charge in [0.05, 0.1) is 0 Å². The summed E-state index contributed by atoms with van der Waals surface area (Å²) < 4.78 is 18.2. The number of hydrogen-bond donors (Lipinski definition) is 1. The minimum absolute atomic E-state index is 0.0279. The lowest BCUT2D eigenvalue weighted by Crippen LogP contribution is -2.23. The molecule has 0 aliphatic carbocycles. The molecule has 76 valence electrons. The first-order valence-corrected chi connectivity index (χ1v) is 4.17. The van der Waals surface area contributed by atoms with E-state index in [1.54, 1.807) is 19.1 Å². The number of rotatable bonds is 3. The van der Waals surface area contributed by atoms with E-state index in [-0.39, 0.29) is 5.75 Å². The Balaban J connectivity index is 2.87. The highest BCUT2D eigenvalue weighted by Crippen LogP contribution is 2.20. The summed E-state index contributed by atoms with van der Waals surface area (Å²) in [6.45, 7) is 2.94. The first kappa shape index (κ1) is 10.5. The number of aliphatic carboxylic acids is 1. The molecule has 0 spiro atoms. The van der Waals surface area contributed by atoms with Crippen LogP contribution < -0.4 is 4.74 Å². The summed E-state index contributed by atoms with van der Waals surface area (Å²) in [7, 11) is 0. The monoisotopic (exact) mass is 198 g/mol. The zero-order chi connectivity index (χ0) is 10.7. The third-order valence-electron chi connectivity index (χ3n) is 1.81. The third kappa shape index (κ3) is 2.22. The Kier molecular flexibility index (Phi) is 3.06. The molecule has 0 unspecified atom stereocenters. The Hall–Kier alpha value is -1.58. The maximum absolute atomic E-state index is 13.3. The maximum atomic E-state index is 13.3. The lowest BCUT2D eigenvalue weighted by molar-refractivity contribution is -0.144. The number of hydrogen-bond acceptors (Lipinski definition) is 2. The second-order valence-corrected chi connectivity index (χ2v) is 2.99. The maximum Gasteiger partial charge on any atom is 0.344 e. The van der Waals surface area contributed by atoms with Gasteiger partial charge in [0.15, 0.2) is 17.7 Å². The molecular weight excluding hydrogens is 187 g/mol. The molecule has 1 N–H and O–H groups in total. The highest BCUT2D eigenvalue weighted by atomic mass is 19.1. The Morgan fingerprint density at radius 1 is 1.57 bits per heavy atom. The predicted molar refractivity (Wildman–Crippen MR) is 48.9 cm³/mol. The van der Waals surface area contributed by atoms with Crippen LogP contribution in [0.2, 0.25) is 0 Å². The topological polar surface area (TPSA) is 46.5 Å². The van der Waals surface area contributed by atoms with Crippen molar-refractivity contribution < 1.29 is 19.0 Å². The Labute approximate surface area is 81.1 Å². The second kappa shape index (κ2) is 4.09. The van der Waals surface area contributed by atoms with Crippen molar-refractivity contribution in [3.05, 3.63) is 29.6 Å². The van der Waals surface area contributed by atoms with E-state index in [0.29, 0.717) is 5.56 Å². The van der Waals surface area contributed by atoms with Crippen LogP contribution >= 0.6 is 0 Å². The van der Waals surface area contributed by atoms with Crippen LogP contribution in [0.15, 0.2) is 18.2 Å². The van der Waals surface area contributed by atoms with Gasteiger partial charge in [-0.25, -0.2) is 9.18 Å². The van der Waals surface area contributed by atoms with Gasteiger partial charge < -0.3 is 9.84 Å². The minimum Gasteiger partial charge on any atom is -0.479 e. The van der Waals surface area contributed by atoms with Crippen molar-refractivity contribution in [3.8, 4) is 5.75 Å². The molecule has 0 amide bonds. The van der Waals surface area contributed by atoms with Crippen molar-refractivity contribution in [3.63, 3.8) is 0 Å². The highest BCUT2D eigenvalue weighted by Gasteiger charge is 2.15. The standard InChI is InChI=1S/C10H11FO3/c1-6-4-3-5-8(9(6)11)14-7(2)10(12)13/h3-5,7H,1-2H3,(H,12,13)/t7-/m0/s1. The Morgan fingerprint density at radius 2 is 2.21 bits per heavy atom. The van der Waals surface area contributed by atoms with Crippen LogP contribution in [-0.2, 0) is 4.79 Å². The molecule has 0 aliphatic heterocycles. The fourth-order valence-corrected chi connectivity index (χ4v) is 0.952. The van der Waals surface area contributed by atoms with Gasteiger partial charge >= 0.3 is 5.97 Å². The minimum atomic E-state index is -1.12. The van der Waals surface area contributed by atoms with Crippen LogP contribution in [0, 0.1) is 12.7 Å². The SMILES string of the molecule is Cc1cccc(O[C@@H](C)C(=O)O)c1F. The van der Waals surface area contributed by atoms with Crippen LogP contribution in [0.5, 0.6) is 5.75 Å². The quantitative estimate of drug-likeness (QED) is 0.807. The zero-order valence-electron chi connectivity index (χ0n) is 7.95. The molecular formula is C10H11FO3. The highest BCUT2D eigenvalue weighted by molar-refractivity contribution is 5.72. The molecule has 14 heavy (non-hydrogen) atoms. The summed E-state index contributed by atoms with van der Waals surface area (Å²) in [6.07, 6.45) is -1.05. The molecule has 0 saturated carbocycles. The van der Waals surface area contributed by atoms with Gasteiger partial charge in [-0.15, -0.1) is 0 Å². The summed E-state index contributed by atoms with van der Waals surface area (Å²) in [5.41, 5.74) is 0.431. The van der Waals surface area contributed by atoms with Gasteiger partial charge in [0.25, 0.3) is 0 Å². The van der Waals surface area contributed by atoms with Crippen molar-refractivity contribution in [2.45, 2.75) is 20.0 Å². The zero-order valence-corrected chi connectivity index (χ0v) is 7.95. The van der Waals surface area contributed by atoms with Crippen LogP contribution in [-0.4, -0.2) is 17.2 Å². The van der Waals surface area contributed by atoms with Crippen LogP contribution in [0.4, 0.5) is 4.39 Å². The lowest BCUT2D eigenvalue weighted by Gasteiger charge is -2.11. The van der Waals surface area contributed by atoms with Gasteiger partial charge in [-0.1, -0.05) is 12.1 Å². The molecule has 0 aliphatic rings. The number of carboxylic acid groups (broad SMARTS) is 1. The number of carbonyl (C=O) groups is 1. The van der Waals surface area contributed by atoms with Crippen molar-refractivity contribution in [1.82, 2.24) is 0 Å². The average Bonchev–Trinajstić information content (AvgIpc) is 2.12. The van der Waals surface area contributed by atoms with E-state index < -0.39 is 17.9 Å². The molecule has 0 saturated heterocycles. The van der Waals surface area contributed by atoms with E-state index in [1.807, 2.05) is 0 Å². The summed E-state index contributed by atoms with van der Waals surface area (Å²) in [5, 5.41) is 8.56. The van der Waals surface area contributed by atoms with Gasteiger partial charge in [0.2, 0.25) is 0 Å². The van der Waals surface area contributed by atoms with Crippen molar-refractivity contribution in [2.24, 2.45) is 0 Å². The summed E-state index contributed by atoms with van der Waals surface area (Å²) in [4.78, 5) is 10.5. The molecule has 1 rings (SSSR count). The first-order valence-electron chi connectivity index (χ1n) is 4.17. The van der Waals surface area contributed by atoms with Crippen LogP contribution in [0.1, 0.15) is 12.5 Å². The molecule has 0 aromatic heterocycles. The van der Waals surface area contributed by atoms with Gasteiger partial charge in [-0.3, -0.25) is 0 Å². The molecule has 3 nitrogen and oxygen atoms in total. The molecule has 0 radical (unpaired) electrons. The number of halogens is 1. The van der Waals surface area contributed by atoms with Gasteiger partial charge in [0, 0.05) is 0 Å². The normalized spacial score (nSPS) is 12.2. The average molecular weight is 198 g/mol. The lowest BCUT2D eigenvalue weighted by atomic mass is 10.2. The summed E-state index contributed by atoms with van der Waals surface area (Å²) >= 11 is 0. The number of benzene rings is 1. The van der Waals surface area contributed by atoms with E-state index in [2.05, 4.69) is 0 Å². The molecule has 4 heteroatoms. The van der Waals surface area contributed by atoms with Crippen LogP contribution in [0.25, 0.3) is 0 Å². The molecule has 0 bridgehead atoms. The molecule has 0 fully saturated rings. The molecule has 1 atom stereocenters. The van der Waals surface area contributed by atoms with Crippen LogP contribution in [0.3, 0.4) is 0 Å². The van der Waals surface area contributed by atoms with E-state index >= 15 is 0 Å². The number of aryl methyl sites for hydroxylation is 1. The first-order chi connectivity index (χ1) is 6.52. The Morgan fingerprint density at radius 3 is 2.79 bits per heavy atom. The number of carboxylic acids is 1. The van der Waals surface area contributed by atoms with E-state index in [1.165, 1.54) is 13.0 Å². The molecule has 1 aromatic carbocycles. The fourth-order valence-electron chi connectivity index (χ4n) is 0.952. The molecule has 1 aromatic rings. The predicted octanol–water partition coefficient (Wildman–Crippen LogP) is 1.99. The molecule has 0 heterocycles. The van der Waals surface area contributed by atoms with Gasteiger partial charge in [0.1, 0.15) is 0 Å². The fraction of sp³-hybridized carbons (Fsp3) is 0.300. The third-order valence-corrected chi connectivity index (χ3v) is 1.81. The van der Waals surface area contributed by atoms with Crippen molar-refractivity contribution >= 4 is 5.97 Å². The second-order valence-electron chi connectivity index (χ2n) is 2.99. The van der Waals surface area contributed by atoms with Crippen molar-refractivity contribution in [2.75, 3.05) is 0 Å². The van der Waals surface area contributed by atoms with E-state index in [9.17, 15) is 9.18 Å². The van der Waals surface area contributed by atoms with Gasteiger partial charge in [-0.05, 0) is 25.5 Å². The summed E-state index contributed by atoms with van der Waals surface area (Å²) in [5.74, 6) is -1.66. The van der Waals surface area contributed by atoms with Gasteiger partial charge in [-0.2, -0.15) is 0 Å².